The number of carbonyl (C=O) groups is 1. The molecule has 1 aromatic carbocycles. The van der Waals surface area contributed by atoms with Crippen LogP contribution in [0.3, 0.4) is 0 Å². The molecule has 0 aliphatic carbocycles. The molecule has 4 nitrogen and oxygen atoms in total. The Bertz CT molecular complexity index is 718. The van der Waals surface area contributed by atoms with Gasteiger partial charge in [-0.15, -0.1) is 0 Å². The zero-order chi connectivity index (χ0) is 16.2. The summed E-state index contributed by atoms with van der Waals surface area (Å²) in [7, 11) is 0. The third kappa shape index (κ3) is 3.77. The van der Waals surface area contributed by atoms with Crippen molar-refractivity contribution in [2.75, 3.05) is 13.1 Å². The van der Waals surface area contributed by atoms with E-state index in [2.05, 4.69) is 29.0 Å². The monoisotopic (exact) mass is 309 g/mol. The van der Waals surface area contributed by atoms with Gasteiger partial charge in [-0.2, -0.15) is 0 Å². The van der Waals surface area contributed by atoms with Crippen LogP contribution in [0.2, 0.25) is 0 Å². The molecule has 1 aliphatic heterocycles. The van der Waals surface area contributed by atoms with Crippen molar-refractivity contribution >= 4 is 22.9 Å². The van der Waals surface area contributed by atoms with Crippen molar-refractivity contribution in [3.05, 3.63) is 48.2 Å². The number of benzene rings is 1. The second-order valence-electron chi connectivity index (χ2n) is 6.34. The average molecular weight is 309 g/mol. The van der Waals surface area contributed by atoms with Crippen LogP contribution >= 0.6 is 0 Å². The van der Waals surface area contributed by atoms with E-state index < -0.39 is 0 Å². The minimum atomic E-state index is -0.0338. The number of pyridine rings is 1. The number of nitrogens with one attached hydrogen (secondary N) is 1. The highest BCUT2D eigenvalue weighted by Crippen LogP contribution is 2.17. The van der Waals surface area contributed by atoms with Gasteiger partial charge in [0.2, 0.25) is 5.91 Å². The lowest BCUT2D eigenvalue weighted by Gasteiger charge is -2.20. The molecule has 1 fully saturated rings. The molecule has 1 aromatic heterocycles. The van der Waals surface area contributed by atoms with Crippen LogP contribution in [0.5, 0.6) is 0 Å². The minimum absolute atomic E-state index is 0.0338. The van der Waals surface area contributed by atoms with E-state index >= 15 is 0 Å². The molecule has 1 saturated heterocycles. The number of amides is 1. The molecule has 2 heterocycles. The highest BCUT2D eigenvalue weighted by Gasteiger charge is 2.24. The zero-order valence-corrected chi connectivity index (χ0v) is 13.7. The van der Waals surface area contributed by atoms with Crippen molar-refractivity contribution in [3.8, 4) is 0 Å². The Labute approximate surface area is 137 Å². The molecule has 1 unspecified atom stereocenters. The smallest absolute Gasteiger partial charge is 0.244 e. The summed E-state index contributed by atoms with van der Waals surface area (Å²) in [6.45, 7) is 6.38. The Morgan fingerprint density at radius 2 is 2.17 bits per heavy atom. The first kappa shape index (κ1) is 15.7. The van der Waals surface area contributed by atoms with Gasteiger partial charge in [0, 0.05) is 48.4 Å². The number of fused-ring (bicyclic) bond motifs is 1. The number of rotatable bonds is 4. The first-order valence-electron chi connectivity index (χ1n) is 8.20. The highest BCUT2D eigenvalue weighted by atomic mass is 16.1. The summed E-state index contributed by atoms with van der Waals surface area (Å²) in [4.78, 5) is 18.9. The molecule has 120 valence electrons. The van der Waals surface area contributed by atoms with Crippen molar-refractivity contribution in [2.24, 2.45) is 0 Å². The largest absolute Gasteiger partial charge is 0.348 e. The lowest BCUT2D eigenvalue weighted by Crippen LogP contribution is -2.37. The number of hydrogen-bond acceptors (Lipinski definition) is 3. The molecule has 4 heteroatoms. The fourth-order valence-corrected chi connectivity index (χ4v) is 3.05. The normalized spacial score (nSPS) is 19.0. The molecule has 0 saturated carbocycles. The van der Waals surface area contributed by atoms with Crippen LogP contribution < -0.4 is 5.32 Å². The molecule has 2 aromatic rings. The second-order valence-corrected chi connectivity index (χ2v) is 6.34. The van der Waals surface area contributed by atoms with E-state index in [1.54, 1.807) is 12.3 Å². The minimum Gasteiger partial charge on any atom is -0.348 e. The van der Waals surface area contributed by atoms with Crippen molar-refractivity contribution in [1.29, 1.82) is 0 Å². The van der Waals surface area contributed by atoms with Crippen LogP contribution in [0.1, 0.15) is 25.8 Å². The summed E-state index contributed by atoms with van der Waals surface area (Å²) in [6, 6.07) is 10.7. The van der Waals surface area contributed by atoms with E-state index in [-0.39, 0.29) is 11.9 Å². The van der Waals surface area contributed by atoms with Crippen molar-refractivity contribution in [3.63, 3.8) is 0 Å². The molecule has 0 radical (unpaired) electrons. The molecule has 3 rings (SSSR count). The highest BCUT2D eigenvalue weighted by molar-refractivity contribution is 5.95. The summed E-state index contributed by atoms with van der Waals surface area (Å²) in [5.74, 6) is -0.0338. The molecule has 0 bridgehead atoms. The summed E-state index contributed by atoms with van der Waals surface area (Å²) < 4.78 is 0. The van der Waals surface area contributed by atoms with Crippen LogP contribution in [0, 0.1) is 0 Å². The quantitative estimate of drug-likeness (QED) is 0.883. The second kappa shape index (κ2) is 6.92. The van der Waals surface area contributed by atoms with Crippen molar-refractivity contribution in [2.45, 2.75) is 32.4 Å². The van der Waals surface area contributed by atoms with E-state index in [0.717, 1.165) is 36.0 Å². The van der Waals surface area contributed by atoms with E-state index in [9.17, 15) is 4.79 Å². The van der Waals surface area contributed by atoms with E-state index in [1.807, 2.05) is 36.4 Å². The molecule has 1 atom stereocenters. The summed E-state index contributed by atoms with van der Waals surface area (Å²) in [5.41, 5.74) is 1.89. The summed E-state index contributed by atoms with van der Waals surface area (Å²) in [5, 5.41) is 4.18. The third-order valence-corrected chi connectivity index (χ3v) is 4.37. The van der Waals surface area contributed by atoms with Crippen molar-refractivity contribution in [1.82, 2.24) is 15.2 Å². The Hall–Kier alpha value is -2.20. The SMILES string of the molecule is CC(C)N1CCC(NC(=O)C=Cc2cccc3cccnc23)C1. The van der Waals surface area contributed by atoms with Crippen molar-refractivity contribution < 1.29 is 4.79 Å². The third-order valence-electron chi connectivity index (χ3n) is 4.37. The molecule has 1 aliphatic rings. The van der Waals surface area contributed by atoms with Crippen LogP contribution in [0.25, 0.3) is 17.0 Å². The molecule has 1 amide bonds. The number of para-hydroxylation sites is 1. The number of carbonyl (C=O) groups excluding carboxylic acids is 1. The first-order chi connectivity index (χ1) is 11.1. The average Bonchev–Trinajstić information content (AvgIpc) is 3.01. The fraction of sp³-hybridized carbons (Fsp3) is 0.368. The van der Waals surface area contributed by atoms with Crippen LogP contribution in [-0.2, 0) is 4.79 Å². The van der Waals surface area contributed by atoms with E-state index in [1.165, 1.54) is 0 Å². The van der Waals surface area contributed by atoms with E-state index in [0.29, 0.717) is 6.04 Å². The number of likely N-dealkylation sites (tertiary alicyclic amines) is 1. The van der Waals surface area contributed by atoms with Gasteiger partial charge in [-0.3, -0.25) is 14.7 Å². The van der Waals surface area contributed by atoms with Gasteiger partial charge in [0.15, 0.2) is 0 Å². The topological polar surface area (TPSA) is 45.2 Å². The maximum atomic E-state index is 12.1. The first-order valence-corrected chi connectivity index (χ1v) is 8.20. The number of hydrogen-bond donors (Lipinski definition) is 1. The molecular weight excluding hydrogens is 286 g/mol. The van der Waals surface area contributed by atoms with Gasteiger partial charge in [0.1, 0.15) is 0 Å². The maximum Gasteiger partial charge on any atom is 0.244 e. The van der Waals surface area contributed by atoms with Gasteiger partial charge >= 0.3 is 0 Å². The van der Waals surface area contributed by atoms with Gasteiger partial charge in [-0.05, 0) is 32.4 Å². The number of nitrogens with zero attached hydrogens (tertiary/aromatic N) is 2. The Kier molecular flexibility index (Phi) is 4.72. The van der Waals surface area contributed by atoms with Gasteiger partial charge in [0.25, 0.3) is 0 Å². The zero-order valence-electron chi connectivity index (χ0n) is 13.7. The summed E-state index contributed by atoms with van der Waals surface area (Å²) in [6.07, 6.45) is 6.26. The van der Waals surface area contributed by atoms with Gasteiger partial charge in [0.05, 0.1) is 5.52 Å². The predicted octanol–water partition coefficient (Wildman–Crippen LogP) is 2.85. The standard InChI is InChI=1S/C19H23N3O/c1-14(2)22-12-10-17(13-22)21-18(23)9-8-16-6-3-5-15-7-4-11-20-19(15)16/h3-9,11,14,17H,10,12-13H2,1-2H3,(H,21,23). The maximum absolute atomic E-state index is 12.1. The van der Waals surface area contributed by atoms with Crippen LogP contribution in [-0.4, -0.2) is 41.0 Å². The molecule has 23 heavy (non-hydrogen) atoms. The summed E-state index contributed by atoms with van der Waals surface area (Å²) >= 11 is 0. The van der Waals surface area contributed by atoms with Gasteiger partial charge < -0.3 is 5.32 Å². The van der Waals surface area contributed by atoms with E-state index in [4.69, 9.17) is 0 Å². The van der Waals surface area contributed by atoms with Gasteiger partial charge in [-0.25, -0.2) is 0 Å². The number of aromatic nitrogens is 1. The Balaban J connectivity index is 1.64. The lowest BCUT2D eigenvalue weighted by atomic mass is 10.1. The predicted molar refractivity (Wildman–Crippen MR) is 94.0 cm³/mol. The van der Waals surface area contributed by atoms with Crippen LogP contribution in [0.4, 0.5) is 0 Å². The van der Waals surface area contributed by atoms with Crippen LogP contribution in [0.15, 0.2) is 42.6 Å². The molecule has 1 N–H and O–H groups in total. The molecule has 0 spiro atoms. The Morgan fingerprint density at radius 3 is 2.96 bits per heavy atom. The van der Waals surface area contributed by atoms with Gasteiger partial charge in [-0.1, -0.05) is 24.3 Å². The molecular formula is C19H23N3O. The Morgan fingerprint density at radius 1 is 1.35 bits per heavy atom. The fourth-order valence-electron chi connectivity index (χ4n) is 3.05. The lowest BCUT2D eigenvalue weighted by molar-refractivity contribution is -0.117.